The van der Waals surface area contributed by atoms with Crippen molar-refractivity contribution in [1.82, 2.24) is 24.9 Å². The number of aryl methyl sites for hydroxylation is 1. The summed E-state index contributed by atoms with van der Waals surface area (Å²) in [5, 5.41) is 6.72. The van der Waals surface area contributed by atoms with Crippen LogP contribution in [0, 0.1) is 18.6 Å². The third-order valence-electron chi connectivity index (χ3n) is 5.65. The van der Waals surface area contributed by atoms with Crippen LogP contribution >= 0.6 is 0 Å². The molecule has 34 heavy (non-hydrogen) atoms. The van der Waals surface area contributed by atoms with Crippen LogP contribution in [-0.4, -0.2) is 51.9 Å². The van der Waals surface area contributed by atoms with E-state index in [0.29, 0.717) is 31.1 Å². The van der Waals surface area contributed by atoms with Crippen LogP contribution in [0.3, 0.4) is 0 Å². The monoisotopic (exact) mass is 465 g/mol. The van der Waals surface area contributed by atoms with Crippen molar-refractivity contribution < 1.29 is 23.0 Å². The zero-order valence-corrected chi connectivity index (χ0v) is 18.5. The number of hydrogen-bond acceptors (Lipinski definition) is 6. The minimum absolute atomic E-state index is 0.0160. The number of fused-ring (bicyclic) bond motifs is 1. The summed E-state index contributed by atoms with van der Waals surface area (Å²) in [4.78, 5) is 21.1. The molecule has 1 amide bonds. The Morgan fingerprint density at radius 3 is 2.76 bits per heavy atom. The van der Waals surface area contributed by atoms with Gasteiger partial charge in [0, 0.05) is 53.8 Å². The number of ether oxygens (including phenoxy) is 2. The molecule has 0 aliphatic carbocycles. The Balaban J connectivity index is 1.68. The number of amides is 1. The molecule has 10 heteroatoms. The van der Waals surface area contributed by atoms with Crippen molar-refractivity contribution in [3.63, 3.8) is 0 Å². The van der Waals surface area contributed by atoms with Gasteiger partial charge in [0.15, 0.2) is 17.3 Å². The number of pyridine rings is 1. The summed E-state index contributed by atoms with van der Waals surface area (Å²) in [6, 6.07) is 5.90. The van der Waals surface area contributed by atoms with E-state index in [-0.39, 0.29) is 28.4 Å². The molecule has 4 heterocycles. The molecule has 0 bridgehead atoms. The predicted octanol–water partition coefficient (Wildman–Crippen LogP) is 3.57. The molecule has 1 N–H and O–H groups in total. The lowest BCUT2D eigenvalue weighted by Gasteiger charge is -2.15. The molecule has 0 radical (unpaired) electrons. The van der Waals surface area contributed by atoms with Crippen LogP contribution in [0.2, 0.25) is 0 Å². The molecule has 1 saturated heterocycles. The molecule has 1 aliphatic rings. The Labute approximate surface area is 193 Å². The van der Waals surface area contributed by atoms with E-state index in [1.54, 1.807) is 12.4 Å². The Hall–Kier alpha value is -3.92. The third kappa shape index (κ3) is 3.96. The fourth-order valence-corrected chi connectivity index (χ4v) is 3.82. The van der Waals surface area contributed by atoms with Gasteiger partial charge < -0.3 is 14.8 Å². The highest BCUT2D eigenvalue weighted by molar-refractivity contribution is 5.96. The molecule has 5 rings (SSSR count). The lowest BCUT2D eigenvalue weighted by molar-refractivity contribution is 0.0962. The molecule has 0 spiro atoms. The van der Waals surface area contributed by atoms with Crippen LogP contribution in [0.25, 0.3) is 27.9 Å². The van der Waals surface area contributed by atoms with Crippen LogP contribution in [-0.2, 0) is 4.74 Å². The van der Waals surface area contributed by atoms with E-state index in [4.69, 9.17) is 9.47 Å². The van der Waals surface area contributed by atoms with E-state index in [9.17, 15) is 13.6 Å². The fraction of sp³-hybridized carbons (Fsp3) is 0.250. The van der Waals surface area contributed by atoms with Gasteiger partial charge in [-0.05, 0) is 25.1 Å². The lowest BCUT2D eigenvalue weighted by Crippen LogP contribution is -2.18. The highest BCUT2D eigenvalue weighted by Crippen LogP contribution is 2.34. The van der Waals surface area contributed by atoms with E-state index in [0.717, 1.165) is 17.3 Å². The second-order valence-corrected chi connectivity index (χ2v) is 7.98. The maximum Gasteiger partial charge on any atom is 0.251 e. The van der Waals surface area contributed by atoms with Gasteiger partial charge in [0.2, 0.25) is 5.88 Å². The molecular formula is C24H21F2N5O3. The summed E-state index contributed by atoms with van der Waals surface area (Å²) in [6.45, 7) is 2.90. The summed E-state index contributed by atoms with van der Waals surface area (Å²) < 4.78 is 42.2. The van der Waals surface area contributed by atoms with E-state index in [1.165, 1.54) is 23.8 Å². The fourth-order valence-electron chi connectivity index (χ4n) is 3.82. The normalized spacial score (nSPS) is 15.6. The summed E-state index contributed by atoms with van der Waals surface area (Å²) in [6.07, 6.45) is 5.32. The Bertz CT molecular complexity index is 1380. The number of nitrogens with one attached hydrogen (secondary N) is 1. The van der Waals surface area contributed by atoms with E-state index in [1.807, 2.05) is 19.1 Å². The number of carbonyl (C=O) groups excluding carboxylic acids is 1. The average Bonchev–Trinajstić information content (AvgIpc) is 3.50. The van der Waals surface area contributed by atoms with Crippen LogP contribution < -0.4 is 10.1 Å². The van der Waals surface area contributed by atoms with Crippen LogP contribution in [0.4, 0.5) is 8.78 Å². The summed E-state index contributed by atoms with van der Waals surface area (Å²) in [7, 11) is 1.41. The highest BCUT2D eigenvalue weighted by Gasteiger charge is 2.24. The second kappa shape index (κ2) is 8.79. The van der Waals surface area contributed by atoms with Gasteiger partial charge in [0.05, 0.1) is 25.0 Å². The Kier molecular flexibility index (Phi) is 5.66. The quantitative estimate of drug-likeness (QED) is 0.485. The van der Waals surface area contributed by atoms with Gasteiger partial charge in [-0.1, -0.05) is 6.07 Å². The summed E-state index contributed by atoms with van der Waals surface area (Å²) in [5.41, 5.74) is 2.61. The van der Waals surface area contributed by atoms with Crippen molar-refractivity contribution in [1.29, 1.82) is 0 Å². The molecule has 1 aliphatic heterocycles. The van der Waals surface area contributed by atoms with Gasteiger partial charge in [-0.25, -0.2) is 13.3 Å². The van der Waals surface area contributed by atoms with Gasteiger partial charge in [-0.2, -0.15) is 10.1 Å². The standard InChI is InChI=1S/C24H21F2N5O3/c1-13-3-4-14(9-28-13)19-11-31-22(30-24(19)34-16-5-6-33-12-16)18(10-29-31)17-7-15(23(32)27-2)8-20(25)21(17)26/h3-4,7-11,16H,5-6,12H2,1-2H3,(H,27,32)/t16-/m0/s1. The first kappa shape index (κ1) is 21.9. The van der Waals surface area contributed by atoms with Gasteiger partial charge >= 0.3 is 0 Å². The van der Waals surface area contributed by atoms with Gasteiger partial charge in [-0.15, -0.1) is 0 Å². The van der Waals surface area contributed by atoms with Crippen LogP contribution in [0.15, 0.2) is 42.9 Å². The predicted molar refractivity (Wildman–Crippen MR) is 120 cm³/mol. The summed E-state index contributed by atoms with van der Waals surface area (Å²) in [5.74, 6) is -2.47. The molecule has 4 aromatic rings. The number of hydrogen-bond donors (Lipinski definition) is 1. The molecule has 3 aromatic heterocycles. The van der Waals surface area contributed by atoms with Gasteiger partial charge in [0.25, 0.3) is 5.91 Å². The molecule has 8 nitrogen and oxygen atoms in total. The Morgan fingerprint density at radius 1 is 1.21 bits per heavy atom. The van der Waals surface area contributed by atoms with Crippen molar-refractivity contribution in [2.45, 2.75) is 19.4 Å². The first-order valence-electron chi connectivity index (χ1n) is 10.7. The first-order valence-corrected chi connectivity index (χ1v) is 10.7. The zero-order chi connectivity index (χ0) is 23.8. The molecule has 1 fully saturated rings. The van der Waals surface area contributed by atoms with Crippen molar-refractivity contribution >= 4 is 11.6 Å². The first-order chi connectivity index (χ1) is 16.4. The molecular weight excluding hydrogens is 444 g/mol. The number of aromatic nitrogens is 4. The van der Waals surface area contributed by atoms with E-state index < -0.39 is 17.5 Å². The largest absolute Gasteiger partial charge is 0.471 e. The third-order valence-corrected chi connectivity index (χ3v) is 5.65. The van der Waals surface area contributed by atoms with Gasteiger partial charge in [-0.3, -0.25) is 9.78 Å². The minimum atomic E-state index is -1.14. The van der Waals surface area contributed by atoms with Crippen molar-refractivity contribution in [3.05, 3.63) is 65.7 Å². The average molecular weight is 465 g/mol. The van der Waals surface area contributed by atoms with E-state index >= 15 is 0 Å². The smallest absolute Gasteiger partial charge is 0.251 e. The summed E-state index contributed by atoms with van der Waals surface area (Å²) >= 11 is 0. The lowest BCUT2D eigenvalue weighted by atomic mass is 10.0. The molecule has 1 atom stereocenters. The number of nitrogens with zero attached hydrogens (tertiary/aromatic N) is 4. The van der Waals surface area contributed by atoms with Gasteiger partial charge in [0.1, 0.15) is 6.10 Å². The number of halogens is 2. The van der Waals surface area contributed by atoms with Crippen LogP contribution in [0.1, 0.15) is 22.5 Å². The SMILES string of the molecule is CNC(=O)c1cc(F)c(F)c(-c2cnn3cc(-c4ccc(C)nc4)c(O[C@H]4CCOC4)nc23)c1. The topological polar surface area (TPSA) is 90.6 Å². The highest BCUT2D eigenvalue weighted by atomic mass is 19.2. The Morgan fingerprint density at radius 2 is 2.06 bits per heavy atom. The molecule has 174 valence electrons. The minimum Gasteiger partial charge on any atom is -0.471 e. The molecule has 0 saturated carbocycles. The van der Waals surface area contributed by atoms with E-state index in [2.05, 4.69) is 20.4 Å². The molecule has 0 unspecified atom stereocenters. The molecule has 1 aromatic carbocycles. The number of rotatable bonds is 5. The number of benzene rings is 1. The zero-order valence-electron chi connectivity index (χ0n) is 18.5. The second-order valence-electron chi connectivity index (χ2n) is 7.98. The van der Waals surface area contributed by atoms with Crippen molar-refractivity contribution in [2.75, 3.05) is 20.3 Å². The van der Waals surface area contributed by atoms with Crippen LogP contribution in [0.5, 0.6) is 5.88 Å². The maximum absolute atomic E-state index is 14.8. The van der Waals surface area contributed by atoms with Crippen molar-refractivity contribution in [2.24, 2.45) is 0 Å². The van der Waals surface area contributed by atoms with Crippen molar-refractivity contribution in [3.8, 4) is 28.1 Å². The number of carbonyl (C=O) groups is 1. The maximum atomic E-state index is 14.8.